The first kappa shape index (κ1) is 13.4. The summed E-state index contributed by atoms with van der Waals surface area (Å²) >= 11 is 0. The van der Waals surface area contributed by atoms with E-state index >= 15 is 0 Å². The van der Waals surface area contributed by atoms with Gasteiger partial charge >= 0.3 is 0 Å². The quantitative estimate of drug-likeness (QED) is 0.851. The van der Waals surface area contributed by atoms with E-state index < -0.39 is 36.1 Å². The van der Waals surface area contributed by atoms with E-state index in [-0.39, 0.29) is 11.1 Å². The topological polar surface area (TPSA) is 49.7 Å². The van der Waals surface area contributed by atoms with Gasteiger partial charge in [-0.3, -0.25) is 0 Å². The number of rotatable bonds is 2. The smallest absolute Gasteiger partial charge is 0.132 e. The first-order valence-corrected chi connectivity index (χ1v) is 5.92. The lowest BCUT2D eigenvalue weighted by Crippen LogP contribution is -2.30. The predicted octanol–water partition coefficient (Wildman–Crippen LogP) is 1.84. The third-order valence-electron chi connectivity index (χ3n) is 3.35. The molecule has 0 saturated carbocycles. The van der Waals surface area contributed by atoms with E-state index in [4.69, 9.17) is 4.74 Å². The van der Waals surface area contributed by atoms with Gasteiger partial charge in [0.1, 0.15) is 29.9 Å². The van der Waals surface area contributed by atoms with E-state index in [1.54, 1.807) is 6.92 Å². The Labute approximate surface area is 104 Å². The number of hydrogen-bond donors (Lipinski definition) is 2. The summed E-state index contributed by atoms with van der Waals surface area (Å²) in [6, 6.07) is 2.08. The van der Waals surface area contributed by atoms with Crippen LogP contribution in [0.15, 0.2) is 12.1 Å². The van der Waals surface area contributed by atoms with Crippen LogP contribution in [0.1, 0.15) is 30.6 Å². The Morgan fingerprint density at radius 1 is 1.17 bits per heavy atom. The maximum atomic E-state index is 13.7. The highest BCUT2D eigenvalue weighted by molar-refractivity contribution is 5.29. The summed E-state index contributed by atoms with van der Waals surface area (Å²) in [5, 5.41) is 19.6. The van der Waals surface area contributed by atoms with Crippen molar-refractivity contribution in [2.24, 2.45) is 0 Å². The van der Waals surface area contributed by atoms with Crippen molar-refractivity contribution in [1.82, 2.24) is 0 Å². The van der Waals surface area contributed by atoms with Crippen molar-refractivity contribution in [3.63, 3.8) is 0 Å². The largest absolute Gasteiger partial charge is 0.388 e. The number of aliphatic hydroxyl groups excluding tert-OH is 2. The van der Waals surface area contributed by atoms with Crippen LogP contribution in [-0.4, -0.2) is 28.5 Å². The van der Waals surface area contributed by atoms with Crippen LogP contribution in [0.2, 0.25) is 0 Å². The summed E-state index contributed by atoms with van der Waals surface area (Å²) in [7, 11) is 0. The molecule has 4 atom stereocenters. The predicted molar refractivity (Wildman–Crippen MR) is 61.0 cm³/mol. The number of aryl methyl sites for hydroxylation is 1. The van der Waals surface area contributed by atoms with Gasteiger partial charge in [-0.2, -0.15) is 0 Å². The molecule has 1 aliphatic heterocycles. The maximum absolute atomic E-state index is 13.7. The third kappa shape index (κ3) is 2.13. The first-order valence-electron chi connectivity index (χ1n) is 5.92. The lowest BCUT2D eigenvalue weighted by molar-refractivity contribution is 0.00383. The van der Waals surface area contributed by atoms with E-state index in [2.05, 4.69) is 0 Å². The summed E-state index contributed by atoms with van der Waals surface area (Å²) < 4.78 is 32.3. The summed E-state index contributed by atoms with van der Waals surface area (Å²) in [6.07, 6.45) is -3.23. The molecule has 2 rings (SSSR count). The fourth-order valence-corrected chi connectivity index (χ4v) is 2.24. The fourth-order valence-electron chi connectivity index (χ4n) is 2.24. The zero-order valence-electron chi connectivity index (χ0n) is 10.2. The Balaban J connectivity index is 2.35. The average Bonchev–Trinajstić information content (AvgIpc) is 2.61. The molecule has 1 heterocycles. The highest BCUT2D eigenvalue weighted by Gasteiger charge is 2.43. The Bertz CT molecular complexity index is 450. The molecule has 100 valence electrons. The second-order valence-electron chi connectivity index (χ2n) is 4.61. The van der Waals surface area contributed by atoms with Gasteiger partial charge in [-0.1, -0.05) is 6.92 Å². The summed E-state index contributed by atoms with van der Waals surface area (Å²) in [5.74, 6) is -1.41. The normalized spacial score (nSPS) is 31.9. The van der Waals surface area contributed by atoms with Crippen LogP contribution in [0.3, 0.4) is 0 Å². The Morgan fingerprint density at radius 2 is 1.83 bits per heavy atom. The Kier molecular flexibility index (Phi) is 3.66. The molecular weight excluding hydrogens is 242 g/mol. The summed E-state index contributed by atoms with van der Waals surface area (Å²) in [4.78, 5) is 0. The minimum absolute atomic E-state index is 0.0800. The second kappa shape index (κ2) is 4.91. The monoisotopic (exact) mass is 258 g/mol. The fraction of sp³-hybridized carbons (Fsp3) is 0.538. The van der Waals surface area contributed by atoms with Gasteiger partial charge in [-0.25, -0.2) is 8.78 Å². The van der Waals surface area contributed by atoms with Crippen molar-refractivity contribution < 1.29 is 23.7 Å². The Hall–Kier alpha value is -1.04. The van der Waals surface area contributed by atoms with Gasteiger partial charge in [-0.05, 0) is 25.0 Å². The first-order chi connectivity index (χ1) is 8.45. The molecule has 1 fully saturated rings. The second-order valence-corrected chi connectivity index (χ2v) is 4.61. The van der Waals surface area contributed by atoms with Crippen molar-refractivity contribution in [3.8, 4) is 0 Å². The van der Waals surface area contributed by atoms with Crippen molar-refractivity contribution in [2.45, 2.75) is 44.7 Å². The van der Waals surface area contributed by atoms with Crippen LogP contribution in [0.4, 0.5) is 8.78 Å². The molecule has 1 aromatic carbocycles. The van der Waals surface area contributed by atoms with E-state index in [1.807, 2.05) is 0 Å². The van der Waals surface area contributed by atoms with Gasteiger partial charge < -0.3 is 14.9 Å². The lowest BCUT2D eigenvalue weighted by atomic mass is 9.99. The molecule has 1 unspecified atom stereocenters. The van der Waals surface area contributed by atoms with E-state index in [0.717, 1.165) is 6.07 Å². The minimum atomic E-state index is -1.20. The van der Waals surface area contributed by atoms with Crippen LogP contribution < -0.4 is 0 Å². The van der Waals surface area contributed by atoms with E-state index in [0.29, 0.717) is 6.42 Å². The van der Waals surface area contributed by atoms with Crippen LogP contribution in [-0.2, 0) is 4.74 Å². The highest BCUT2D eigenvalue weighted by atomic mass is 19.1. The molecule has 18 heavy (non-hydrogen) atoms. The summed E-state index contributed by atoms with van der Waals surface area (Å²) in [5.41, 5.74) is 0.355. The summed E-state index contributed by atoms with van der Waals surface area (Å²) in [6.45, 7) is 3.31. The standard InChI is InChI=1S/C13H16F2O3/c1-3-10-11(16)12(17)13(18-10)7-4-6(2)8(14)5-9(7)15/h4-5,10-13,16-17H,3H2,1-2H3/t10-,11+,12?,13+/m1/s1. The average molecular weight is 258 g/mol. The van der Waals surface area contributed by atoms with Crippen LogP contribution in [0, 0.1) is 18.6 Å². The van der Waals surface area contributed by atoms with Crippen molar-refractivity contribution in [2.75, 3.05) is 0 Å². The van der Waals surface area contributed by atoms with Gasteiger partial charge in [0.2, 0.25) is 0 Å². The van der Waals surface area contributed by atoms with Crippen LogP contribution in [0.5, 0.6) is 0 Å². The minimum Gasteiger partial charge on any atom is -0.388 e. The molecule has 0 bridgehead atoms. The SMILES string of the molecule is CC[C@H]1O[C@@H](c2cc(C)c(F)cc2F)C(O)[C@H]1O. The van der Waals surface area contributed by atoms with Crippen molar-refractivity contribution in [3.05, 3.63) is 34.9 Å². The zero-order valence-corrected chi connectivity index (χ0v) is 10.2. The lowest BCUT2D eigenvalue weighted by Gasteiger charge is -2.16. The number of hydrogen-bond acceptors (Lipinski definition) is 3. The number of aliphatic hydroxyl groups is 2. The number of ether oxygens (including phenoxy) is 1. The molecule has 5 heteroatoms. The van der Waals surface area contributed by atoms with E-state index in [9.17, 15) is 19.0 Å². The molecule has 1 saturated heterocycles. The molecule has 0 aliphatic carbocycles. The number of halogens is 2. The van der Waals surface area contributed by atoms with Crippen molar-refractivity contribution in [1.29, 1.82) is 0 Å². The molecule has 0 amide bonds. The third-order valence-corrected chi connectivity index (χ3v) is 3.35. The zero-order chi connectivity index (χ0) is 13.4. The molecule has 1 aliphatic rings. The van der Waals surface area contributed by atoms with Gasteiger partial charge in [0, 0.05) is 11.6 Å². The molecule has 1 aromatic rings. The van der Waals surface area contributed by atoms with E-state index in [1.165, 1.54) is 13.0 Å². The van der Waals surface area contributed by atoms with Gasteiger partial charge in [0.05, 0.1) is 6.10 Å². The van der Waals surface area contributed by atoms with Crippen LogP contribution >= 0.6 is 0 Å². The Morgan fingerprint density at radius 3 is 2.39 bits per heavy atom. The molecule has 3 nitrogen and oxygen atoms in total. The molecule has 2 N–H and O–H groups in total. The number of benzene rings is 1. The van der Waals surface area contributed by atoms with Gasteiger partial charge in [0.25, 0.3) is 0 Å². The molecular formula is C13H16F2O3. The van der Waals surface area contributed by atoms with Crippen molar-refractivity contribution >= 4 is 0 Å². The van der Waals surface area contributed by atoms with Gasteiger partial charge in [-0.15, -0.1) is 0 Å². The van der Waals surface area contributed by atoms with Gasteiger partial charge in [0.15, 0.2) is 0 Å². The molecule has 0 aromatic heterocycles. The molecule has 0 radical (unpaired) electrons. The maximum Gasteiger partial charge on any atom is 0.132 e. The highest BCUT2D eigenvalue weighted by Crippen LogP contribution is 2.36. The molecule has 0 spiro atoms. The van der Waals surface area contributed by atoms with Crippen LogP contribution in [0.25, 0.3) is 0 Å².